The van der Waals surface area contributed by atoms with E-state index in [1.165, 1.54) is 6.08 Å². The minimum atomic E-state index is -3.54. The fourth-order valence-electron chi connectivity index (χ4n) is 2.16. The van der Waals surface area contributed by atoms with Gasteiger partial charge < -0.3 is 0 Å². The first-order valence-corrected chi connectivity index (χ1v) is 10.1. The standard InChI is InChI=1S/C14H19NO4S2/c1-12-2-4-13(5-3-12)7-9-21(18,19)15-10-14-6-8-20(16,17)11-14/h2-5,7,9,14-15H,6,8,10-11H2,1H3/b9-7+. The molecule has 21 heavy (non-hydrogen) atoms. The van der Waals surface area contributed by atoms with E-state index in [1.807, 2.05) is 31.2 Å². The average Bonchev–Trinajstić information content (AvgIpc) is 2.76. The molecule has 116 valence electrons. The molecule has 1 unspecified atom stereocenters. The zero-order valence-corrected chi connectivity index (χ0v) is 13.5. The van der Waals surface area contributed by atoms with Crippen LogP contribution in [0.15, 0.2) is 29.7 Å². The topological polar surface area (TPSA) is 80.3 Å². The minimum absolute atomic E-state index is 0.0667. The van der Waals surface area contributed by atoms with E-state index in [0.29, 0.717) is 6.42 Å². The fourth-order valence-corrected chi connectivity index (χ4v) is 4.92. The Morgan fingerprint density at radius 1 is 1.29 bits per heavy atom. The summed E-state index contributed by atoms with van der Waals surface area (Å²) >= 11 is 0. The summed E-state index contributed by atoms with van der Waals surface area (Å²) in [6, 6.07) is 7.49. The largest absolute Gasteiger partial charge is 0.233 e. The molecule has 0 radical (unpaired) electrons. The van der Waals surface area contributed by atoms with E-state index in [-0.39, 0.29) is 24.0 Å². The van der Waals surface area contributed by atoms with E-state index in [0.717, 1.165) is 16.5 Å². The SMILES string of the molecule is Cc1ccc(/C=C/S(=O)(=O)NCC2CCS(=O)(=O)C2)cc1. The van der Waals surface area contributed by atoms with Crippen LogP contribution in [0.2, 0.25) is 0 Å². The van der Waals surface area contributed by atoms with E-state index in [9.17, 15) is 16.8 Å². The van der Waals surface area contributed by atoms with Crippen LogP contribution in [0.4, 0.5) is 0 Å². The van der Waals surface area contributed by atoms with Crippen LogP contribution in [0.3, 0.4) is 0 Å². The van der Waals surface area contributed by atoms with Gasteiger partial charge in [0, 0.05) is 12.0 Å². The second kappa shape index (κ2) is 6.29. The molecule has 1 saturated heterocycles. The molecule has 1 N–H and O–H groups in total. The van der Waals surface area contributed by atoms with Gasteiger partial charge in [-0.3, -0.25) is 0 Å². The third-order valence-corrected chi connectivity index (χ3v) is 6.32. The maximum Gasteiger partial charge on any atom is 0.233 e. The van der Waals surface area contributed by atoms with Crippen molar-refractivity contribution >= 4 is 25.9 Å². The Labute approximate surface area is 126 Å². The Morgan fingerprint density at radius 3 is 2.52 bits per heavy atom. The van der Waals surface area contributed by atoms with Gasteiger partial charge in [0.1, 0.15) is 0 Å². The van der Waals surface area contributed by atoms with Gasteiger partial charge in [-0.2, -0.15) is 0 Å². The number of hydrogen-bond acceptors (Lipinski definition) is 4. The van der Waals surface area contributed by atoms with E-state index in [1.54, 1.807) is 0 Å². The lowest BCUT2D eigenvalue weighted by Crippen LogP contribution is -2.28. The van der Waals surface area contributed by atoms with Gasteiger partial charge in [-0.25, -0.2) is 21.6 Å². The van der Waals surface area contributed by atoms with Crippen molar-refractivity contribution in [1.82, 2.24) is 4.72 Å². The molecule has 0 saturated carbocycles. The summed E-state index contributed by atoms with van der Waals surface area (Å²) < 4.78 is 48.7. The molecule has 7 heteroatoms. The number of rotatable bonds is 5. The average molecular weight is 329 g/mol. The van der Waals surface area contributed by atoms with E-state index >= 15 is 0 Å². The van der Waals surface area contributed by atoms with Crippen LogP contribution in [0.5, 0.6) is 0 Å². The highest BCUT2D eigenvalue weighted by Gasteiger charge is 2.28. The molecule has 0 aromatic heterocycles. The summed E-state index contributed by atoms with van der Waals surface area (Å²) in [5.41, 5.74) is 1.91. The van der Waals surface area contributed by atoms with Crippen molar-refractivity contribution in [2.45, 2.75) is 13.3 Å². The molecule has 0 spiro atoms. The predicted octanol–water partition coefficient (Wildman–Crippen LogP) is 1.32. The number of aryl methyl sites for hydroxylation is 1. The summed E-state index contributed by atoms with van der Waals surface area (Å²) in [7, 11) is -6.52. The third kappa shape index (κ3) is 5.26. The molecule has 0 aliphatic carbocycles. The van der Waals surface area contributed by atoms with Crippen molar-refractivity contribution in [3.05, 3.63) is 40.8 Å². The number of nitrogens with one attached hydrogen (secondary N) is 1. The lowest BCUT2D eigenvalue weighted by atomic mass is 10.1. The highest BCUT2D eigenvalue weighted by atomic mass is 32.2. The molecule has 1 aliphatic rings. The summed E-state index contributed by atoms with van der Waals surface area (Å²) in [6.07, 6.45) is 2.04. The van der Waals surface area contributed by atoms with E-state index < -0.39 is 19.9 Å². The van der Waals surface area contributed by atoms with Crippen molar-refractivity contribution in [3.63, 3.8) is 0 Å². The van der Waals surface area contributed by atoms with Crippen LogP contribution < -0.4 is 4.72 Å². The first-order valence-electron chi connectivity index (χ1n) is 6.71. The van der Waals surface area contributed by atoms with Gasteiger partial charge >= 0.3 is 0 Å². The Bertz CT molecular complexity index is 719. The van der Waals surface area contributed by atoms with Crippen molar-refractivity contribution in [2.75, 3.05) is 18.1 Å². The number of hydrogen-bond donors (Lipinski definition) is 1. The molecule has 5 nitrogen and oxygen atoms in total. The lowest BCUT2D eigenvalue weighted by Gasteiger charge is -2.07. The third-order valence-electron chi connectivity index (χ3n) is 3.42. The van der Waals surface area contributed by atoms with Gasteiger partial charge in [-0.1, -0.05) is 29.8 Å². The first-order chi connectivity index (χ1) is 9.76. The second-order valence-electron chi connectivity index (χ2n) is 5.38. The van der Waals surface area contributed by atoms with E-state index in [2.05, 4.69) is 4.72 Å². The van der Waals surface area contributed by atoms with Crippen LogP contribution in [0, 0.1) is 12.8 Å². The van der Waals surface area contributed by atoms with E-state index in [4.69, 9.17) is 0 Å². The normalized spacial score (nSPS) is 21.9. The number of benzene rings is 1. The Kier molecular flexibility index (Phi) is 4.85. The number of sulfone groups is 1. The minimum Gasteiger partial charge on any atom is -0.229 e. The van der Waals surface area contributed by atoms with Crippen LogP contribution in [-0.2, 0) is 19.9 Å². The highest BCUT2D eigenvalue weighted by Crippen LogP contribution is 2.17. The highest BCUT2D eigenvalue weighted by molar-refractivity contribution is 7.92. The quantitative estimate of drug-likeness (QED) is 0.883. The molecule has 1 atom stereocenters. The van der Waals surface area contributed by atoms with Crippen LogP contribution in [-0.4, -0.2) is 34.9 Å². The smallest absolute Gasteiger partial charge is 0.229 e. The molecular formula is C14H19NO4S2. The van der Waals surface area contributed by atoms with Gasteiger partial charge in [-0.05, 0) is 30.9 Å². The lowest BCUT2D eigenvalue weighted by molar-refractivity contribution is 0.549. The molecule has 2 rings (SSSR count). The van der Waals surface area contributed by atoms with Crippen molar-refractivity contribution < 1.29 is 16.8 Å². The molecule has 1 aromatic rings. The molecule has 0 amide bonds. The molecule has 1 fully saturated rings. The molecule has 0 bridgehead atoms. The van der Waals surface area contributed by atoms with Gasteiger partial charge in [0.2, 0.25) is 10.0 Å². The fraction of sp³-hybridized carbons (Fsp3) is 0.429. The van der Waals surface area contributed by atoms with Crippen LogP contribution >= 0.6 is 0 Å². The van der Waals surface area contributed by atoms with Gasteiger partial charge in [0.05, 0.1) is 11.5 Å². The summed E-state index contributed by atoms with van der Waals surface area (Å²) in [6.45, 7) is 2.13. The molecule has 1 aromatic carbocycles. The van der Waals surface area contributed by atoms with Gasteiger partial charge in [0.25, 0.3) is 0 Å². The Morgan fingerprint density at radius 2 is 1.95 bits per heavy atom. The van der Waals surface area contributed by atoms with Crippen molar-refractivity contribution in [2.24, 2.45) is 5.92 Å². The first kappa shape index (κ1) is 16.2. The summed E-state index contributed by atoms with van der Waals surface area (Å²) in [5, 5.41) is 1.11. The number of sulfonamides is 1. The summed E-state index contributed by atoms with van der Waals surface area (Å²) in [5.74, 6) is 0.0908. The molecule has 1 heterocycles. The van der Waals surface area contributed by atoms with Crippen LogP contribution in [0.1, 0.15) is 17.5 Å². The second-order valence-corrected chi connectivity index (χ2v) is 9.26. The Balaban J connectivity index is 1.91. The zero-order valence-electron chi connectivity index (χ0n) is 11.8. The van der Waals surface area contributed by atoms with Crippen molar-refractivity contribution in [1.29, 1.82) is 0 Å². The monoisotopic (exact) mass is 329 g/mol. The van der Waals surface area contributed by atoms with Crippen LogP contribution in [0.25, 0.3) is 6.08 Å². The predicted molar refractivity (Wildman–Crippen MR) is 83.9 cm³/mol. The maximum absolute atomic E-state index is 11.8. The maximum atomic E-state index is 11.8. The summed E-state index contributed by atoms with van der Waals surface area (Å²) in [4.78, 5) is 0. The van der Waals surface area contributed by atoms with Gasteiger partial charge in [-0.15, -0.1) is 0 Å². The zero-order chi connectivity index (χ0) is 15.5. The molecule has 1 aliphatic heterocycles. The van der Waals surface area contributed by atoms with Crippen molar-refractivity contribution in [3.8, 4) is 0 Å². The van der Waals surface area contributed by atoms with Gasteiger partial charge in [0.15, 0.2) is 9.84 Å². The Hall–Kier alpha value is -1.18. The molecular weight excluding hydrogens is 310 g/mol.